The van der Waals surface area contributed by atoms with E-state index in [-0.39, 0.29) is 31.0 Å². The lowest BCUT2D eigenvalue weighted by Gasteiger charge is -2.33. The highest BCUT2D eigenvalue weighted by Crippen LogP contribution is 2.28. The van der Waals surface area contributed by atoms with E-state index in [0.29, 0.717) is 22.2 Å². The van der Waals surface area contributed by atoms with Gasteiger partial charge in [0, 0.05) is 28.5 Å². The van der Waals surface area contributed by atoms with Gasteiger partial charge >= 0.3 is 0 Å². The van der Waals surface area contributed by atoms with Gasteiger partial charge in [-0.25, -0.2) is 0 Å². The predicted molar refractivity (Wildman–Crippen MR) is 156 cm³/mol. The zero-order chi connectivity index (χ0) is 26.9. The topological polar surface area (TPSA) is 58.6 Å². The number of amides is 2. The van der Waals surface area contributed by atoms with Gasteiger partial charge in [-0.2, -0.15) is 0 Å². The van der Waals surface area contributed by atoms with Crippen molar-refractivity contribution in [3.63, 3.8) is 0 Å². The van der Waals surface area contributed by atoms with E-state index in [9.17, 15) is 9.59 Å². The number of rotatable bonds is 10. The van der Waals surface area contributed by atoms with Gasteiger partial charge in [-0.3, -0.25) is 9.59 Å². The summed E-state index contributed by atoms with van der Waals surface area (Å²) < 4.78 is 6.63. The lowest BCUT2D eigenvalue weighted by Crippen LogP contribution is -2.53. The number of carbonyl (C=O) groups is 2. The van der Waals surface area contributed by atoms with Gasteiger partial charge in [0.1, 0.15) is 11.8 Å². The normalized spacial score (nSPS) is 14.5. The zero-order valence-electron chi connectivity index (χ0n) is 21.0. The van der Waals surface area contributed by atoms with E-state index >= 15 is 0 Å². The Morgan fingerprint density at radius 3 is 2.37 bits per heavy atom. The molecular formula is C30H31BrCl2N2O3. The van der Waals surface area contributed by atoms with Crippen LogP contribution in [0.3, 0.4) is 0 Å². The van der Waals surface area contributed by atoms with E-state index in [0.717, 1.165) is 41.3 Å². The van der Waals surface area contributed by atoms with E-state index < -0.39 is 6.04 Å². The first-order valence-corrected chi connectivity index (χ1v) is 14.4. The van der Waals surface area contributed by atoms with Crippen LogP contribution in [0.4, 0.5) is 0 Å². The standard InChI is InChI=1S/C30H31BrCl2N2O3/c31-23-15-16-28(26(33)18-23)38-20-29(36)35(19-22-11-7-8-14-25(22)32)27(17-21-9-3-1-4-10-21)30(37)34-24-12-5-2-6-13-24/h1,3-4,7-11,14-16,18,24,27H,2,5-6,12-13,17,19-20H2,(H,34,37)/t27-/m1/s1. The second kappa shape index (κ2) is 14.0. The summed E-state index contributed by atoms with van der Waals surface area (Å²) in [6, 6.07) is 21.7. The minimum atomic E-state index is -0.743. The van der Waals surface area contributed by atoms with Crippen molar-refractivity contribution in [3.8, 4) is 5.75 Å². The van der Waals surface area contributed by atoms with Crippen LogP contribution in [0.5, 0.6) is 5.75 Å². The van der Waals surface area contributed by atoms with Gasteiger partial charge in [0.15, 0.2) is 6.61 Å². The number of hydrogen-bond donors (Lipinski definition) is 1. The molecule has 5 nitrogen and oxygen atoms in total. The van der Waals surface area contributed by atoms with Crippen LogP contribution >= 0.6 is 39.1 Å². The van der Waals surface area contributed by atoms with Crippen LogP contribution in [0.2, 0.25) is 10.0 Å². The molecule has 3 aromatic rings. The molecule has 1 atom stereocenters. The van der Waals surface area contributed by atoms with Crippen molar-refractivity contribution in [1.29, 1.82) is 0 Å². The fourth-order valence-corrected chi connectivity index (χ4v) is 5.65. The van der Waals surface area contributed by atoms with Crippen LogP contribution in [0, 0.1) is 0 Å². The number of nitrogens with zero attached hydrogens (tertiary/aromatic N) is 1. The first kappa shape index (κ1) is 28.5. The molecule has 0 heterocycles. The van der Waals surface area contributed by atoms with Crippen LogP contribution in [-0.2, 0) is 22.6 Å². The van der Waals surface area contributed by atoms with Crippen LogP contribution in [-0.4, -0.2) is 35.4 Å². The molecule has 0 unspecified atom stereocenters. The summed E-state index contributed by atoms with van der Waals surface area (Å²) >= 11 is 16.2. The average molecular weight is 618 g/mol. The van der Waals surface area contributed by atoms with E-state index in [1.165, 1.54) is 6.42 Å². The maximum Gasteiger partial charge on any atom is 0.261 e. The van der Waals surface area contributed by atoms with E-state index in [1.807, 2.05) is 48.5 Å². The summed E-state index contributed by atoms with van der Waals surface area (Å²) in [5.41, 5.74) is 1.72. The molecule has 2 amide bonds. The van der Waals surface area contributed by atoms with Gasteiger partial charge in [0.25, 0.3) is 5.91 Å². The molecule has 0 aromatic heterocycles. The minimum Gasteiger partial charge on any atom is -0.482 e. The fourth-order valence-electron chi connectivity index (χ4n) is 4.72. The maximum atomic E-state index is 13.8. The Kier molecular flexibility index (Phi) is 10.5. The highest BCUT2D eigenvalue weighted by Gasteiger charge is 2.32. The number of benzene rings is 3. The molecule has 4 rings (SSSR count). The Labute approximate surface area is 242 Å². The third-order valence-electron chi connectivity index (χ3n) is 6.77. The first-order valence-electron chi connectivity index (χ1n) is 12.9. The second-order valence-corrected chi connectivity index (χ2v) is 11.3. The summed E-state index contributed by atoms with van der Waals surface area (Å²) in [6.45, 7) is -0.0979. The Hall–Kier alpha value is -2.54. The number of halogens is 3. The molecule has 3 aromatic carbocycles. The number of carbonyl (C=O) groups excluding carboxylic acids is 2. The Morgan fingerprint density at radius 2 is 1.66 bits per heavy atom. The predicted octanol–water partition coefficient (Wildman–Crippen LogP) is 7.22. The van der Waals surface area contributed by atoms with Gasteiger partial charge in [-0.15, -0.1) is 0 Å². The first-order chi connectivity index (χ1) is 18.4. The Bertz CT molecular complexity index is 1240. The number of hydrogen-bond acceptors (Lipinski definition) is 3. The number of ether oxygens (including phenoxy) is 1. The molecule has 0 bridgehead atoms. The van der Waals surface area contributed by atoms with Crippen molar-refractivity contribution >= 4 is 50.9 Å². The molecule has 0 saturated heterocycles. The summed E-state index contributed by atoms with van der Waals surface area (Å²) in [7, 11) is 0. The molecule has 1 fully saturated rings. The van der Waals surface area contributed by atoms with Crippen molar-refractivity contribution < 1.29 is 14.3 Å². The van der Waals surface area contributed by atoms with Gasteiger partial charge in [-0.05, 0) is 48.2 Å². The van der Waals surface area contributed by atoms with Crippen LogP contribution in [0.25, 0.3) is 0 Å². The molecular weight excluding hydrogens is 587 g/mol. The Morgan fingerprint density at radius 1 is 0.947 bits per heavy atom. The quantitative estimate of drug-likeness (QED) is 0.261. The maximum absolute atomic E-state index is 13.8. The van der Waals surface area contributed by atoms with Crippen molar-refractivity contribution in [2.45, 2.75) is 57.2 Å². The summed E-state index contributed by atoms with van der Waals surface area (Å²) in [4.78, 5) is 29.1. The van der Waals surface area contributed by atoms with Gasteiger partial charge < -0.3 is 15.0 Å². The largest absolute Gasteiger partial charge is 0.482 e. The zero-order valence-corrected chi connectivity index (χ0v) is 24.1. The molecule has 200 valence electrons. The van der Waals surface area contributed by atoms with Crippen molar-refractivity contribution in [2.24, 2.45) is 0 Å². The minimum absolute atomic E-state index is 0.115. The average Bonchev–Trinajstić information content (AvgIpc) is 2.92. The summed E-state index contributed by atoms with van der Waals surface area (Å²) in [6.07, 6.45) is 5.65. The Balaban J connectivity index is 1.62. The van der Waals surface area contributed by atoms with Gasteiger partial charge in [0.2, 0.25) is 5.91 Å². The fraction of sp³-hybridized carbons (Fsp3) is 0.333. The summed E-state index contributed by atoms with van der Waals surface area (Å²) in [5, 5.41) is 4.16. The van der Waals surface area contributed by atoms with Crippen LogP contribution in [0.15, 0.2) is 77.3 Å². The SMILES string of the molecule is O=C(NC1CCCCC1)[C@@H](Cc1ccccc1)N(Cc1ccccc1Cl)C(=O)COc1ccc(Br)cc1Cl. The van der Waals surface area contributed by atoms with Crippen molar-refractivity contribution in [1.82, 2.24) is 10.2 Å². The lowest BCUT2D eigenvalue weighted by molar-refractivity contribution is -0.143. The number of nitrogens with one attached hydrogen (secondary N) is 1. The highest BCUT2D eigenvalue weighted by atomic mass is 79.9. The van der Waals surface area contributed by atoms with Crippen LogP contribution < -0.4 is 10.1 Å². The smallest absolute Gasteiger partial charge is 0.261 e. The van der Waals surface area contributed by atoms with Crippen LogP contribution in [0.1, 0.15) is 43.2 Å². The molecule has 38 heavy (non-hydrogen) atoms. The molecule has 1 saturated carbocycles. The molecule has 1 N–H and O–H groups in total. The van der Waals surface area contributed by atoms with Gasteiger partial charge in [-0.1, -0.05) is 107 Å². The second-order valence-electron chi connectivity index (χ2n) is 9.53. The lowest BCUT2D eigenvalue weighted by atomic mass is 9.94. The van der Waals surface area contributed by atoms with E-state index in [1.54, 1.807) is 29.2 Å². The molecule has 0 spiro atoms. The van der Waals surface area contributed by atoms with Gasteiger partial charge in [0.05, 0.1) is 5.02 Å². The van der Waals surface area contributed by atoms with E-state index in [2.05, 4.69) is 21.2 Å². The highest BCUT2D eigenvalue weighted by molar-refractivity contribution is 9.10. The molecule has 1 aliphatic carbocycles. The molecule has 8 heteroatoms. The summed E-state index contributed by atoms with van der Waals surface area (Å²) in [5.74, 6) is -0.0985. The molecule has 1 aliphatic rings. The van der Waals surface area contributed by atoms with E-state index in [4.69, 9.17) is 27.9 Å². The molecule has 0 radical (unpaired) electrons. The molecule has 0 aliphatic heterocycles. The van der Waals surface area contributed by atoms with Crippen molar-refractivity contribution in [2.75, 3.05) is 6.61 Å². The monoisotopic (exact) mass is 616 g/mol. The third-order valence-corrected chi connectivity index (χ3v) is 7.92. The van der Waals surface area contributed by atoms with Crippen molar-refractivity contribution in [3.05, 3.63) is 98.4 Å². The third kappa shape index (κ3) is 7.98.